The van der Waals surface area contributed by atoms with Crippen molar-refractivity contribution < 1.29 is 24.2 Å². The van der Waals surface area contributed by atoms with E-state index in [0.717, 1.165) is 23.1 Å². The molecule has 3 fully saturated rings. The average Bonchev–Trinajstić information content (AvgIpc) is 3.54. The summed E-state index contributed by atoms with van der Waals surface area (Å²) in [6, 6.07) is 13.3. The summed E-state index contributed by atoms with van der Waals surface area (Å²) in [5.74, 6) is -2.39. The average molecular weight is 534 g/mol. The van der Waals surface area contributed by atoms with E-state index in [4.69, 9.17) is 4.74 Å². The SMILES string of the molecule is CCCNC(=O)[C@H]1[C@H]2C(=O)N([C@H](CO)c3ccccc3)C(C(=O)Nc3c(C)cccc3C)C23CC[C@]1(CC)O3. The van der Waals surface area contributed by atoms with E-state index in [1.54, 1.807) is 0 Å². The van der Waals surface area contributed by atoms with Gasteiger partial charge in [-0.05, 0) is 56.2 Å². The molecule has 8 nitrogen and oxygen atoms in total. The molecule has 8 heteroatoms. The number of amides is 3. The predicted molar refractivity (Wildman–Crippen MR) is 148 cm³/mol. The van der Waals surface area contributed by atoms with Crippen LogP contribution in [-0.2, 0) is 19.1 Å². The van der Waals surface area contributed by atoms with Gasteiger partial charge in [0.1, 0.15) is 11.6 Å². The molecule has 1 spiro atoms. The highest BCUT2D eigenvalue weighted by Gasteiger charge is 2.79. The van der Waals surface area contributed by atoms with E-state index in [0.29, 0.717) is 31.5 Å². The Bertz CT molecular complexity index is 1250. The number of rotatable bonds is 9. The number of fused-ring (bicyclic) bond motifs is 1. The Labute approximate surface area is 230 Å². The fourth-order valence-electron chi connectivity index (χ4n) is 7.28. The molecule has 2 unspecified atom stereocenters. The zero-order valence-corrected chi connectivity index (χ0v) is 23.2. The zero-order chi connectivity index (χ0) is 27.9. The van der Waals surface area contributed by atoms with Gasteiger partial charge < -0.3 is 25.4 Å². The number of para-hydroxylation sites is 1. The molecule has 3 N–H and O–H groups in total. The summed E-state index contributed by atoms with van der Waals surface area (Å²) in [6.45, 7) is 7.97. The highest BCUT2D eigenvalue weighted by atomic mass is 16.5. The molecule has 3 amide bonds. The lowest BCUT2D eigenvalue weighted by atomic mass is 9.65. The topological polar surface area (TPSA) is 108 Å². The van der Waals surface area contributed by atoms with Crippen LogP contribution in [0.3, 0.4) is 0 Å². The first kappa shape index (κ1) is 27.3. The maximum atomic E-state index is 14.5. The van der Waals surface area contributed by atoms with E-state index in [9.17, 15) is 19.5 Å². The molecule has 3 saturated heterocycles. The van der Waals surface area contributed by atoms with Crippen LogP contribution in [-0.4, -0.2) is 58.1 Å². The van der Waals surface area contributed by atoms with Crippen LogP contribution in [0.5, 0.6) is 0 Å². The van der Waals surface area contributed by atoms with Crippen molar-refractivity contribution >= 4 is 23.4 Å². The molecule has 2 aromatic rings. The molecule has 3 aliphatic rings. The van der Waals surface area contributed by atoms with Crippen LogP contribution >= 0.6 is 0 Å². The quantitative estimate of drug-likeness (QED) is 0.456. The summed E-state index contributed by atoms with van der Waals surface area (Å²) in [5.41, 5.74) is 1.28. The standard InChI is InChI=1S/C31H39N3O5/c1-5-17-32-27(36)23-24-29(38)34(22(18-35)21-13-8-7-9-14-21)26(31(24)16-15-30(23,6-2)39-31)28(37)33-25-19(3)11-10-12-20(25)4/h7-14,22-24,26,35H,5-6,15-18H2,1-4H3,(H,32,36)(H,33,37)/t22-,23-,24+,26?,30+,31?/m1/s1. The Morgan fingerprint density at radius 3 is 2.36 bits per heavy atom. The summed E-state index contributed by atoms with van der Waals surface area (Å²) in [5, 5.41) is 16.7. The summed E-state index contributed by atoms with van der Waals surface area (Å²) in [7, 11) is 0. The van der Waals surface area contributed by atoms with Gasteiger partial charge in [0.25, 0.3) is 0 Å². The largest absolute Gasteiger partial charge is 0.394 e. The van der Waals surface area contributed by atoms with Crippen molar-refractivity contribution in [3.63, 3.8) is 0 Å². The van der Waals surface area contributed by atoms with Gasteiger partial charge in [-0.2, -0.15) is 0 Å². The maximum Gasteiger partial charge on any atom is 0.250 e. The van der Waals surface area contributed by atoms with Crippen molar-refractivity contribution in [1.82, 2.24) is 10.2 Å². The van der Waals surface area contributed by atoms with Crippen LogP contribution < -0.4 is 10.6 Å². The van der Waals surface area contributed by atoms with Gasteiger partial charge in [-0.25, -0.2) is 0 Å². The van der Waals surface area contributed by atoms with E-state index in [-0.39, 0.29) is 24.3 Å². The van der Waals surface area contributed by atoms with Gasteiger partial charge in [0, 0.05) is 12.2 Å². The fourth-order valence-corrected chi connectivity index (χ4v) is 7.28. The van der Waals surface area contributed by atoms with Crippen LogP contribution in [0.2, 0.25) is 0 Å². The molecule has 208 valence electrons. The second-order valence-electron chi connectivity index (χ2n) is 11.2. The number of aryl methyl sites for hydroxylation is 2. The highest BCUT2D eigenvalue weighted by molar-refractivity contribution is 6.04. The maximum absolute atomic E-state index is 14.5. The number of nitrogens with one attached hydrogen (secondary N) is 2. The second kappa shape index (κ2) is 10.4. The highest BCUT2D eigenvalue weighted by Crippen LogP contribution is 2.65. The van der Waals surface area contributed by atoms with Crippen LogP contribution in [0.4, 0.5) is 5.69 Å². The monoisotopic (exact) mass is 533 g/mol. The summed E-state index contributed by atoms with van der Waals surface area (Å²) in [6.07, 6.45) is 2.42. The van der Waals surface area contributed by atoms with E-state index < -0.39 is 35.1 Å². The first-order valence-corrected chi connectivity index (χ1v) is 14.1. The third-order valence-electron chi connectivity index (χ3n) is 9.12. The lowest BCUT2D eigenvalue weighted by Gasteiger charge is -2.37. The number of nitrogens with zero attached hydrogens (tertiary/aromatic N) is 1. The number of carbonyl (C=O) groups is 3. The summed E-state index contributed by atoms with van der Waals surface area (Å²) in [4.78, 5) is 43.9. The van der Waals surface area contributed by atoms with E-state index >= 15 is 0 Å². The van der Waals surface area contributed by atoms with Gasteiger partial charge in [0.15, 0.2) is 0 Å². The fraction of sp³-hybridized carbons (Fsp3) is 0.516. The number of aliphatic hydroxyl groups is 1. The molecule has 3 aliphatic heterocycles. The Kier molecular flexibility index (Phi) is 7.29. The van der Waals surface area contributed by atoms with Crippen LogP contribution in [0, 0.1) is 25.7 Å². The lowest BCUT2D eigenvalue weighted by molar-refractivity contribution is -0.149. The smallest absolute Gasteiger partial charge is 0.250 e. The minimum atomic E-state index is -1.16. The molecule has 0 aliphatic carbocycles. The second-order valence-corrected chi connectivity index (χ2v) is 11.2. The van der Waals surface area contributed by atoms with Crippen molar-refractivity contribution in [2.45, 2.75) is 76.7 Å². The van der Waals surface area contributed by atoms with Gasteiger partial charge in [-0.15, -0.1) is 0 Å². The number of carbonyl (C=O) groups excluding carboxylic acids is 3. The summed E-state index contributed by atoms with van der Waals surface area (Å²) >= 11 is 0. The number of hydrogen-bond donors (Lipinski definition) is 3. The molecule has 2 bridgehead atoms. The van der Waals surface area contributed by atoms with Crippen molar-refractivity contribution in [3.05, 3.63) is 65.2 Å². The van der Waals surface area contributed by atoms with Crippen molar-refractivity contribution in [1.29, 1.82) is 0 Å². The van der Waals surface area contributed by atoms with Crippen molar-refractivity contribution in [3.8, 4) is 0 Å². The van der Waals surface area contributed by atoms with Gasteiger partial charge in [0.05, 0.1) is 30.1 Å². The number of anilines is 1. The molecular weight excluding hydrogens is 494 g/mol. The Balaban J connectivity index is 1.63. The first-order valence-electron chi connectivity index (χ1n) is 14.1. The molecule has 0 radical (unpaired) electrons. The Morgan fingerprint density at radius 1 is 1.05 bits per heavy atom. The minimum Gasteiger partial charge on any atom is -0.394 e. The third-order valence-corrected chi connectivity index (χ3v) is 9.12. The van der Waals surface area contributed by atoms with Crippen LogP contribution in [0.1, 0.15) is 62.3 Å². The summed E-state index contributed by atoms with van der Waals surface area (Å²) < 4.78 is 6.83. The molecule has 0 aromatic heterocycles. The predicted octanol–water partition coefficient (Wildman–Crippen LogP) is 3.66. The van der Waals surface area contributed by atoms with Crippen LogP contribution in [0.25, 0.3) is 0 Å². The van der Waals surface area contributed by atoms with Gasteiger partial charge in [-0.1, -0.05) is 62.4 Å². The number of aliphatic hydroxyl groups excluding tert-OH is 1. The van der Waals surface area contributed by atoms with Crippen molar-refractivity contribution in [2.24, 2.45) is 11.8 Å². The van der Waals surface area contributed by atoms with E-state index in [1.165, 1.54) is 4.90 Å². The molecule has 5 rings (SSSR count). The molecular formula is C31H39N3O5. The normalized spacial score (nSPS) is 29.8. The Morgan fingerprint density at radius 2 is 1.74 bits per heavy atom. The minimum absolute atomic E-state index is 0.199. The Hall–Kier alpha value is -3.23. The molecule has 6 atom stereocenters. The number of hydrogen-bond acceptors (Lipinski definition) is 5. The van der Waals surface area contributed by atoms with E-state index in [2.05, 4.69) is 10.6 Å². The van der Waals surface area contributed by atoms with E-state index in [1.807, 2.05) is 76.2 Å². The molecule has 3 heterocycles. The third kappa shape index (κ3) is 4.16. The van der Waals surface area contributed by atoms with Gasteiger partial charge in [0.2, 0.25) is 17.7 Å². The number of benzene rings is 2. The van der Waals surface area contributed by atoms with Crippen LogP contribution in [0.15, 0.2) is 48.5 Å². The lowest BCUT2D eigenvalue weighted by Crippen LogP contribution is -2.54. The number of likely N-dealkylation sites (tertiary alicyclic amines) is 1. The first-order chi connectivity index (χ1) is 18.7. The zero-order valence-electron chi connectivity index (χ0n) is 23.2. The van der Waals surface area contributed by atoms with Gasteiger partial charge in [-0.3, -0.25) is 14.4 Å². The molecule has 39 heavy (non-hydrogen) atoms. The molecule has 2 aromatic carbocycles. The number of ether oxygens (including phenoxy) is 1. The van der Waals surface area contributed by atoms with Crippen molar-refractivity contribution in [2.75, 3.05) is 18.5 Å². The molecule has 0 saturated carbocycles. The van der Waals surface area contributed by atoms with Gasteiger partial charge >= 0.3 is 0 Å².